The van der Waals surface area contributed by atoms with E-state index >= 15 is 0 Å². The number of Topliss-reactive ketones (excluding diaryl/α,β-unsaturated/α-hetero) is 1. The van der Waals surface area contributed by atoms with E-state index in [4.69, 9.17) is 4.74 Å². The van der Waals surface area contributed by atoms with E-state index in [9.17, 15) is 19.8 Å². The molecule has 3 rings (SSSR count). The molecule has 5 heteroatoms. The Kier molecular flexibility index (Phi) is 4.92. The summed E-state index contributed by atoms with van der Waals surface area (Å²) in [4.78, 5) is 25.4. The molecule has 0 heterocycles. The Morgan fingerprint density at radius 1 is 1.19 bits per heavy atom. The fraction of sp³-hybridized carbons (Fsp3) is 0.727. The summed E-state index contributed by atoms with van der Waals surface area (Å²) >= 11 is 0. The smallest absolute Gasteiger partial charge is 0.303 e. The zero-order valence-corrected chi connectivity index (χ0v) is 17.2. The van der Waals surface area contributed by atoms with Gasteiger partial charge in [0, 0.05) is 13.3 Å². The maximum Gasteiger partial charge on any atom is 0.303 e. The number of fused-ring (bicyclic) bond motifs is 2. The standard InChI is InChI=1S/C22H32O5/c1-11-7-17-19(25)13(3)10-22(17,27-14(4)23)20(26)12(2)8-15-16(9-18(11)24)21(15,5)6/h7-8,13,15-19,24-25H,9-10H2,1-6H3/b11-7-,12-8+/t13-,15-,16+,17-,18+,19-,22+/m0/s1. The Bertz CT molecular complexity index is 718. The Balaban J connectivity index is 2.15. The summed E-state index contributed by atoms with van der Waals surface area (Å²) < 4.78 is 5.67. The first-order valence-corrected chi connectivity index (χ1v) is 9.89. The summed E-state index contributed by atoms with van der Waals surface area (Å²) in [6.45, 7) is 11.1. The summed E-state index contributed by atoms with van der Waals surface area (Å²) in [5, 5.41) is 21.5. The van der Waals surface area contributed by atoms with Crippen molar-refractivity contribution in [2.24, 2.45) is 29.1 Å². The number of esters is 1. The molecule has 150 valence electrons. The highest BCUT2D eigenvalue weighted by molar-refractivity contribution is 6.03. The van der Waals surface area contributed by atoms with Crippen molar-refractivity contribution in [1.29, 1.82) is 0 Å². The molecule has 27 heavy (non-hydrogen) atoms. The molecule has 0 bridgehead atoms. The third-order valence-electron chi connectivity index (χ3n) is 7.20. The van der Waals surface area contributed by atoms with Crippen LogP contribution >= 0.6 is 0 Å². The van der Waals surface area contributed by atoms with Crippen LogP contribution in [0.2, 0.25) is 0 Å². The van der Waals surface area contributed by atoms with Crippen molar-refractivity contribution in [3.8, 4) is 0 Å². The average Bonchev–Trinajstić information content (AvgIpc) is 2.97. The van der Waals surface area contributed by atoms with Gasteiger partial charge < -0.3 is 14.9 Å². The number of hydrogen-bond donors (Lipinski definition) is 2. The second-order valence-corrected chi connectivity index (χ2v) is 9.48. The minimum Gasteiger partial charge on any atom is -0.450 e. The molecule has 0 saturated heterocycles. The highest BCUT2D eigenvalue weighted by atomic mass is 16.6. The predicted molar refractivity (Wildman–Crippen MR) is 102 cm³/mol. The number of hydrogen-bond acceptors (Lipinski definition) is 5. The molecule has 7 atom stereocenters. The van der Waals surface area contributed by atoms with E-state index in [2.05, 4.69) is 13.8 Å². The van der Waals surface area contributed by atoms with Gasteiger partial charge in [-0.3, -0.25) is 9.59 Å². The van der Waals surface area contributed by atoms with Gasteiger partial charge in [-0.05, 0) is 54.6 Å². The second-order valence-electron chi connectivity index (χ2n) is 9.48. The van der Waals surface area contributed by atoms with Gasteiger partial charge in [-0.2, -0.15) is 0 Å². The van der Waals surface area contributed by atoms with Crippen LogP contribution in [0.1, 0.15) is 54.4 Å². The molecule has 5 nitrogen and oxygen atoms in total. The maximum atomic E-state index is 13.5. The molecule has 3 aliphatic carbocycles. The van der Waals surface area contributed by atoms with Gasteiger partial charge in [0.1, 0.15) is 0 Å². The van der Waals surface area contributed by atoms with Crippen molar-refractivity contribution in [2.45, 2.75) is 72.2 Å². The van der Waals surface area contributed by atoms with E-state index in [1.165, 1.54) is 6.92 Å². The lowest BCUT2D eigenvalue weighted by Gasteiger charge is -2.33. The molecule has 0 unspecified atom stereocenters. The lowest BCUT2D eigenvalue weighted by molar-refractivity contribution is -0.168. The molecular formula is C22H32O5. The van der Waals surface area contributed by atoms with E-state index in [-0.39, 0.29) is 29.5 Å². The maximum absolute atomic E-state index is 13.5. The van der Waals surface area contributed by atoms with Gasteiger partial charge in [0.05, 0.1) is 18.1 Å². The Labute approximate surface area is 161 Å². The van der Waals surface area contributed by atoms with Crippen LogP contribution in [-0.4, -0.2) is 39.8 Å². The second kappa shape index (κ2) is 6.56. The van der Waals surface area contributed by atoms with Gasteiger partial charge in [0.25, 0.3) is 0 Å². The number of aliphatic hydroxyl groups excluding tert-OH is 2. The predicted octanol–water partition coefficient (Wildman–Crippen LogP) is 2.80. The number of ether oxygens (including phenoxy) is 1. The quantitative estimate of drug-likeness (QED) is 0.543. The van der Waals surface area contributed by atoms with Crippen LogP contribution in [0.5, 0.6) is 0 Å². The molecule has 0 aliphatic heterocycles. The molecule has 0 spiro atoms. The molecule has 0 radical (unpaired) electrons. The van der Waals surface area contributed by atoms with Crippen LogP contribution in [0.4, 0.5) is 0 Å². The molecule has 0 amide bonds. The van der Waals surface area contributed by atoms with Gasteiger partial charge in [0.15, 0.2) is 5.60 Å². The minimum absolute atomic E-state index is 0.0263. The molecule has 2 saturated carbocycles. The summed E-state index contributed by atoms with van der Waals surface area (Å²) in [6, 6.07) is 0. The lowest BCUT2D eigenvalue weighted by atomic mass is 9.81. The van der Waals surface area contributed by atoms with Crippen molar-refractivity contribution >= 4 is 11.8 Å². The fourth-order valence-corrected chi connectivity index (χ4v) is 5.32. The third kappa shape index (κ3) is 3.19. The summed E-state index contributed by atoms with van der Waals surface area (Å²) in [6.07, 6.45) is 3.20. The van der Waals surface area contributed by atoms with E-state index < -0.39 is 29.7 Å². The van der Waals surface area contributed by atoms with E-state index in [1.807, 2.05) is 19.9 Å². The van der Waals surface area contributed by atoms with Crippen LogP contribution in [0.25, 0.3) is 0 Å². The van der Waals surface area contributed by atoms with Gasteiger partial charge in [-0.15, -0.1) is 0 Å². The number of aliphatic hydroxyl groups is 2. The first kappa shape index (κ1) is 20.3. The molecular weight excluding hydrogens is 344 g/mol. The zero-order valence-electron chi connectivity index (χ0n) is 17.2. The largest absolute Gasteiger partial charge is 0.450 e. The summed E-state index contributed by atoms with van der Waals surface area (Å²) in [5.74, 6) is -1.12. The van der Waals surface area contributed by atoms with E-state index in [0.29, 0.717) is 17.9 Å². The first-order chi connectivity index (χ1) is 12.4. The Hall–Kier alpha value is -1.46. The van der Waals surface area contributed by atoms with Crippen molar-refractivity contribution < 1.29 is 24.5 Å². The zero-order chi connectivity index (χ0) is 20.3. The van der Waals surface area contributed by atoms with E-state index in [1.54, 1.807) is 13.0 Å². The van der Waals surface area contributed by atoms with Crippen molar-refractivity contribution in [3.63, 3.8) is 0 Å². The minimum atomic E-state index is -1.41. The normalized spacial score (nSPS) is 47.5. The molecule has 3 aliphatic rings. The van der Waals surface area contributed by atoms with Gasteiger partial charge in [0.2, 0.25) is 5.78 Å². The molecule has 0 aromatic rings. The molecule has 2 N–H and O–H groups in total. The highest BCUT2D eigenvalue weighted by Gasteiger charge is 2.60. The van der Waals surface area contributed by atoms with Crippen molar-refractivity contribution in [3.05, 3.63) is 23.3 Å². The number of rotatable bonds is 1. The number of allylic oxidation sites excluding steroid dienone is 1. The van der Waals surface area contributed by atoms with Crippen molar-refractivity contribution in [2.75, 3.05) is 0 Å². The van der Waals surface area contributed by atoms with Gasteiger partial charge >= 0.3 is 5.97 Å². The van der Waals surface area contributed by atoms with Crippen LogP contribution < -0.4 is 0 Å². The van der Waals surface area contributed by atoms with Crippen LogP contribution in [0, 0.1) is 29.1 Å². The number of carbonyl (C=O) groups excluding carboxylic acids is 2. The topological polar surface area (TPSA) is 83.8 Å². The summed E-state index contributed by atoms with van der Waals surface area (Å²) in [7, 11) is 0. The highest BCUT2D eigenvalue weighted by Crippen LogP contribution is 2.62. The SMILES string of the molecule is CC(=O)O[C@]12C[C@H](C)[C@H](O)[C@@H]1/C=C(/C)[C@H](O)C[C@@H]1[C@H](/C=C(\C)C2=O)C1(C)C. The van der Waals surface area contributed by atoms with Gasteiger partial charge in [-0.1, -0.05) is 32.9 Å². The number of carbonyl (C=O) groups is 2. The summed E-state index contributed by atoms with van der Waals surface area (Å²) in [5.41, 5.74) is -0.0899. The number of ketones is 1. The third-order valence-corrected chi connectivity index (χ3v) is 7.20. The Morgan fingerprint density at radius 3 is 2.41 bits per heavy atom. The van der Waals surface area contributed by atoms with E-state index in [0.717, 1.165) is 5.57 Å². The lowest BCUT2D eigenvalue weighted by Crippen LogP contribution is -2.48. The monoisotopic (exact) mass is 376 g/mol. The molecule has 2 fully saturated rings. The van der Waals surface area contributed by atoms with Crippen molar-refractivity contribution in [1.82, 2.24) is 0 Å². The van der Waals surface area contributed by atoms with Gasteiger partial charge in [-0.25, -0.2) is 0 Å². The first-order valence-electron chi connectivity index (χ1n) is 9.89. The van der Waals surface area contributed by atoms with Crippen LogP contribution in [-0.2, 0) is 14.3 Å². The average molecular weight is 376 g/mol. The van der Waals surface area contributed by atoms with Crippen LogP contribution in [0.15, 0.2) is 23.3 Å². The fourth-order valence-electron chi connectivity index (χ4n) is 5.32. The Morgan fingerprint density at radius 2 is 1.81 bits per heavy atom. The molecule has 0 aromatic heterocycles. The molecule has 0 aromatic carbocycles. The van der Waals surface area contributed by atoms with Crippen LogP contribution in [0.3, 0.4) is 0 Å².